The molecule has 0 aromatic rings. The number of rotatable bonds is 4. The zero-order valence-corrected chi connectivity index (χ0v) is 25.5. The number of carbonyl (C=O) groups is 2. The Hall–Kier alpha value is -3.60. The third kappa shape index (κ3) is 3.83. The summed E-state index contributed by atoms with van der Waals surface area (Å²) in [6.45, 7) is 3.98. The molecule has 0 aromatic carbocycles. The van der Waals surface area contributed by atoms with Crippen molar-refractivity contribution in [1.29, 1.82) is 10.5 Å². The van der Waals surface area contributed by atoms with Crippen LogP contribution in [-0.4, -0.2) is 64.7 Å². The highest BCUT2D eigenvalue weighted by Crippen LogP contribution is 2.66. The summed E-state index contributed by atoms with van der Waals surface area (Å²) in [7, 11) is 0. The Bertz CT molecular complexity index is 1440. The number of allylic oxidation sites excluding steroid dienone is 2. The van der Waals surface area contributed by atoms with Crippen LogP contribution in [0.4, 0.5) is 0 Å². The van der Waals surface area contributed by atoms with Crippen LogP contribution in [0.25, 0.3) is 0 Å². The third-order valence-corrected chi connectivity index (χ3v) is 11.1. The van der Waals surface area contributed by atoms with Crippen molar-refractivity contribution in [1.82, 2.24) is 9.80 Å². The van der Waals surface area contributed by atoms with Crippen LogP contribution in [0.3, 0.4) is 0 Å². The second-order valence-electron chi connectivity index (χ2n) is 13.1. The van der Waals surface area contributed by atoms with Gasteiger partial charge in [0.25, 0.3) is 0 Å². The molecule has 6 atom stereocenters. The lowest BCUT2D eigenvalue weighted by Gasteiger charge is -2.61. The molecule has 232 valence electrons. The predicted octanol–water partition coefficient (Wildman–Crippen LogP) is 4.72. The molecule has 8 rings (SSSR count). The van der Waals surface area contributed by atoms with Crippen molar-refractivity contribution in [3.63, 3.8) is 0 Å². The first-order valence-electron chi connectivity index (χ1n) is 16.3. The lowest BCUT2D eigenvalue weighted by Crippen LogP contribution is -2.72. The second kappa shape index (κ2) is 10.8. The van der Waals surface area contributed by atoms with Gasteiger partial charge in [0.1, 0.15) is 29.1 Å². The SMILES string of the molecule is CCOC(=O)C1=CC2N3/C(=C\C#N)C4(CCCCC4)OC3C1C1C3OC4(CCCCC4)/C(=C/C#N)N3C=C[C@]12C(=O)OCC. The molecule has 2 saturated carbocycles. The molecule has 0 aromatic heterocycles. The molecule has 10 heteroatoms. The van der Waals surface area contributed by atoms with Gasteiger partial charge in [-0.2, -0.15) is 10.5 Å². The quantitative estimate of drug-likeness (QED) is 0.331. The van der Waals surface area contributed by atoms with E-state index in [0.717, 1.165) is 75.6 Å². The zero-order chi connectivity index (χ0) is 30.7. The fourth-order valence-electron chi connectivity index (χ4n) is 9.51. The first-order chi connectivity index (χ1) is 21.4. The van der Waals surface area contributed by atoms with Crippen LogP contribution < -0.4 is 0 Å². The fourth-order valence-corrected chi connectivity index (χ4v) is 9.51. The van der Waals surface area contributed by atoms with Gasteiger partial charge in [-0.1, -0.05) is 38.5 Å². The molecule has 5 heterocycles. The minimum Gasteiger partial charge on any atom is -0.465 e. The van der Waals surface area contributed by atoms with Crippen molar-refractivity contribution in [2.45, 2.75) is 108 Å². The summed E-state index contributed by atoms with van der Waals surface area (Å²) in [5, 5.41) is 19.8. The minimum absolute atomic E-state index is 0.191. The van der Waals surface area contributed by atoms with Crippen molar-refractivity contribution in [2.24, 2.45) is 17.3 Å². The van der Waals surface area contributed by atoms with E-state index in [2.05, 4.69) is 17.0 Å². The Kier molecular flexibility index (Phi) is 7.14. The number of carbonyl (C=O) groups excluding carboxylic acids is 2. The largest absolute Gasteiger partial charge is 0.465 e. The molecule has 2 bridgehead atoms. The average Bonchev–Trinajstić information content (AvgIpc) is 3.50. The summed E-state index contributed by atoms with van der Waals surface area (Å²) in [6.07, 6.45) is 16.7. The molecule has 44 heavy (non-hydrogen) atoms. The lowest BCUT2D eigenvalue weighted by atomic mass is 9.53. The first kappa shape index (κ1) is 29.1. The maximum absolute atomic E-state index is 14.4. The molecule has 0 radical (unpaired) electrons. The zero-order valence-electron chi connectivity index (χ0n) is 25.5. The second-order valence-corrected chi connectivity index (χ2v) is 13.1. The molecule has 3 saturated heterocycles. The van der Waals surface area contributed by atoms with E-state index in [1.807, 2.05) is 23.3 Å². The van der Waals surface area contributed by atoms with Crippen molar-refractivity contribution < 1.29 is 28.5 Å². The van der Waals surface area contributed by atoms with Crippen molar-refractivity contribution in [3.05, 3.63) is 47.5 Å². The van der Waals surface area contributed by atoms with Gasteiger partial charge in [0.05, 0.1) is 42.8 Å². The van der Waals surface area contributed by atoms with Crippen LogP contribution in [0.2, 0.25) is 0 Å². The summed E-state index contributed by atoms with van der Waals surface area (Å²) in [6, 6.07) is 3.84. The van der Waals surface area contributed by atoms with E-state index in [-0.39, 0.29) is 13.2 Å². The molecule has 3 aliphatic carbocycles. The molecule has 0 N–H and O–H groups in total. The van der Waals surface area contributed by atoms with Crippen molar-refractivity contribution in [2.75, 3.05) is 13.2 Å². The highest BCUT2D eigenvalue weighted by atomic mass is 16.6. The molecule has 10 nitrogen and oxygen atoms in total. The molecule has 8 aliphatic rings. The number of hydrogen-bond acceptors (Lipinski definition) is 10. The number of hydrogen-bond donors (Lipinski definition) is 0. The summed E-state index contributed by atoms with van der Waals surface area (Å²) in [5.41, 5.74) is -0.499. The Labute approximate surface area is 258 Å². The summed E-state index contributed by atoms with van der Waals surface area (Å²) < 4.78 is 25.6. The molecular formula is C34H40N4O6. The number of fused-ring (bicyclic) bond motifs is 1. The van der Waals surface area contributed by atoms with E-state index in [0.29, 0.717) is 5.57 Å². The topological polar surface area (TPSA) is 125 Å². The van der Waals surface area contributed by atoms with E-state index >= 15 is 0 Å². The Morgan fingerprint density at radius 1 is 0.909 bits per heavy atom. The summed E-state index contributed by atoms with van der Waals surface area (Å²) >= 11 is 0. The minimum atomic E-state index is -1.23. The van der Waals surface area contributed by atoms with Gasteiger partial charge in [0, 0.05) is 35.8 Å². The summed E-state index contributed by atoms with van der Waals surface area (Å²) in [5.74, 6) is -2.02. The van der Waals surface area contributed by atoms with Gasteiger partial charge in [0.15, 0.2) is 0 Å². The van der Waals surface area contributed by atoms with E-state index < -0.39 is 58.9 Å². The molecule has 5 unspecified atom stereocenters. The highest BCUT2D eigenvalue weighted by molar-refractivity contribution is 5.92. The van der Waals surface area contributed by atoms with Gasteiger partial charge in [0.2, 0.25) is 0 Å². The van der Waals surface area contributed by atoms with Crippen LogP contribution in [0, 0.1) is 39.9 Å². The molecule has 5 fully saturated rings. The molecular weight excluding hydrogens is 560 g/mol. The van der Waals surface area contributed by atoms with E-state index in [4.69, 9.17) is 18.9 Å². The van der Waals surface area contributed by atoms with Gasteiger partial charge in [-0.05, 0) is 51.7 Å². The van der Waals surface area contributed by atoms with Gasteiger partial charge in [-0.3, -0.25) is 4.79 Å². The average molecular weight is 601 g/mol. The Morgan fingerprint density at radius 2 is 1.50 bits per heavy atom. The fraction of sp³-hybridized carbons (Fsp3) is 0.647. The third-order valence-electron chi connectivity index (χ3n) is 11.1. The lowest BCUT2D eigenvalue weighted by molar-refractivity contribution is -0.220. The van der Waals surface area contributed by atoms with Gasteiger partial charge >= 0.3 is 11.9 Å². The highest BCUT2D eigenvalue weighted by Gasteiger charge is 2.75. The monoisotopic (exact) mass is 600 g/mol. The van der Waals surface area contributed by atoms with Gasteiger partial charge in [-0.25, -0.2) is 4.79 Å². The number of nitriles is 2. The van der Waals surface area contributed by atoms with Gasteiger partial charge < -0.3 is 28.7 Å². The maximum Gasteiger partial charge on any atom is 0.334 e. The van der Waals surface area contributed by atoms with Crippen molar-refractivity contribution >= 4 is 11.9 Å². The van der Waals surface area contributed by atoms with E-state index in [9.17, 15) is 20.1 Å². The van der Waals surface area contributed by atoms with Crippen LogP contribution in [0.1, 0.15) is 78.1 Å². The number of nitrogens with zero attached hydrogens (tertiary/aromatic N) is 4. The first-order valence-corrected chi connectivity index (χ1v) is 16.3. The van der Waals surface area contributed by atoms with E-state index in [1.54, 1.807) is 26.0 Å². The van der Waals surface area contributed by atoms with Crippen LogP contribution >= 0.6 is 0 Å². The van der Waals surface area contributed by atoms with Crippen LogP contribution in [-0.2, 0) is 28.5 Å². The smallest absolute Gasteiger partial charge is 0.334 e. The number of ether oxygens (including phenoxy) is 4. The standard InChI is InChI=1S/C34H40N4O6/c1-3-41-30(39)22-21-25-34(31(40)42-4-2)17-20-37-23(11-18-35)32(13-7-5-8-14-32)44-29(37)27(34)26(22)28-38(25)24(12-19-36)33(43-28)15-9-6-10-16-33/h11-12,17,20-21,25-29H,3-10,13-16H2,1-2H3/b23-11-,24-12-/t25?,26?,27?,28?,29?,34-/m1/s1. The molecule has 2 spiro atoms. The number of esters is 2. The van der Waals surface area contributed by atoms with Crippen LogP contribution in [0.5, 0.6) is 0 Å². The number of piperidine rings is 1. The van der Waals surface area contributed by atoms with Gasteiger partial charge in [-0.15, -0.1) is 0 Å². The molecule has 5 aliphatic heterocycles. The predicted molar refractivity (Wildman–Crippen MR) is 156 cm³/mol. The maximum atomic E-state index is 14.4. The Morgan fingerprint density at radius 3 is 2.11 bits per heavy atom. The summed E-state index contributed by atoms with van der Waals surface area (Å²) in [4.78, 5) is 32.2. The normalized spacial score (nSPS) is 37.3. The molecule has 0 amide bonds. The Balaban J connectivity index is 1.45. The van der Waals surface area contributed by atoms with E-state index in [1.165, 1.54) is 0 Å². The van der Waals surface area contributed by atoms with Crippen molar-refractivity contribution in [3.8, 4) is 12.1 Å². The van der Waals surface area contributed by atoms with Crippen LogP contribution in [0.15, 0.2) is 47.5 Å².